The summed E-state index contributed by atoms with van der Waals surface area (Å²) >= 11 is 1.59. The Morgan fingerprint density at radius 1 is 1.58 bits per heavy atom. The number of aromatic nitrogens is 1. The molecule has 12 heavy (non-hydrogen) atoms. The molecule has 0 radical (unpaired) electrons. The summed E-state index contributed by atoms with van der Waals surface area (Å²) in [6, 6.07) is 3.39. The fourth-order valence-corrected chi connectivity index (χ4v) is 1.58. The molecule has 1 aromatic rings. The third-order valence-corrected chi connectivity index (χ3v) is 2.73. The van der Waals surface area contributed by atoms with E-state index in [1.54, 1.807) is 30.1 Å². The van der Waals surface area contributed by atoms with Crippen molar-refractivity contribution in [2.24, 2.45) is 5.92 Å². The topological polar surface area (TPSA) is 33.1 Å². The fraction of sp³-hybridized carbons (Fsp3) is 0.444. The van der Waals surface area contributed by atoms with Gasteiger partial charge in [0.25, 0.3) is 0 Å². The lowest BCUT2D eigenvalue weighted by Gasteiger charge is -2.04. The van der Waals surface area contributed by atoms with Gasteiger partial charge in [-0.3, -0.25) is 0 Å². The van der Waals surface area contributed by atoms with Crippen LogP contribution in [0.5, 0.6) is 5.75 Å². The molecule has 0 atom stereocenters. The van der Waals surface area contributed by atoms with Gasteiger partial charge in [0.1, 0.15) is 10.8 Å². The highest BCUT2D eigenvalue weighted by Gasteiger charge is 2.02. The second-order valence-electron chi connectivity index (χ2n) is 3.03. The summed E-state index contributed by atoms with van der Waals surface area (Å²) in [5, 5.41) is 10.1. The van der Waals surface area contributed by atoms with Gasteiger partial charge in [0.15, 0.2) is 0 Å². The second kappa shape index (κ2) is 4.36. The van der Waals surface area contributed by atoms with Gasteiger partial charge in [0, 0.05) is 11.9 Å². The third kappa shape index (κ3) is 2.74. The molecule has 0 amide bonds. The summed E-state index contributed by atoms with van der Waals surface area (Å²) in [7, 11) is 0. The number of pyridine rings is 1. The van der Waals surface area contributed by atoms with E-state index in [1.165, 1.54) is 0 Å². The van der Waals surface area contributed by atoms with Crippen molar-refractivity contribution in [3.05, 3.63) is 18.3 Å². The van der Waals surface area contributed by atoms with Crippen LogP contribution < -0.4 is 0 Å². The molecule has 0 spiro atoms. The quantitative estimate of drug-likeness (QED) is 0.731. The Morgan fingerprint density at radius 3 is 2.92 bits per heavy atom. The van der Waals surface area contributed by atoms with Crippen LogP contribution in [0.2, 0.25) is 0 Å². The van der Waals surface area contributed by atoms with E-state index in [0.29, 0.717) is 5.92 Å². The molecule has 3 heteroatoms. The molecule has 0 aliphatic rings. The van der Waals surface area contributed by atoms with E-state index in [0.717, 1.165) is 10.8 Å². The normalized spacial score (nSPS) is 10.6. The largest absolute Gasteiger partial charge is 0.505 e. The van der Waals surface area contributed by atoms with E-state index in [2.05, 4.69) is 18.8 Å². The molecule has 0 saturated carbocycles. The van der Waals surface area contributed by atoms with Crippen LogP contribution in [0.3, 0.4) is 0 Å². The molecule has 1 heterocycles. The Bertz CT molecular complexity index is 250. The summed E-state index contributed by atoms with van der Waals surface area (Å²) in [5.74, 6) is 1.89. The van der Waals surface area contributed by atoms with E-state index < -0.39 is 0 Å². The van der Waals surface area contributed by atoms with Crippen molar-refractivity contribution in [3.8, 4) is 5.75 Å². The van der Waals surface area contributed by atoms with Crippen LogP contribution in [0.4, 0.5) is 0 Å². The molecule has 1 rings (SSSR count). The first-order valence-corrected chi connectivity index (χ1v) is 4.95. The number of hydrogen-bond acceptors (Lipinski definition) is 3. The Kier molecular flexibility index (Phi) is 3.41. The van der Waals surface area contributed by atoms with Gasteiger partial charge in [-0.2, -0.15) is 0 Å². The summed E-state index contributed by atoms with van der Waals surface area (Å²) in [5.41, 5.74) is 0. The van der Waals surface area contributed by atoms with Crippen molar-refractivity contribution >= 4 is 11.8 Å². The van der Waals surface area contributed by atoms with Crippen molar-refractivity contribution in [2.45, 2.75) is 18.9 Å². The summed E-state index contributed by atoms with van der Waals surface area (Å²) in [6.45, 7) is 4.29. The minimum absolute atomic E-state index is 0.281. The molecule has 0 aliphatic carbocycles. The van der Waals surface area contributed by atoms with Gasteiger partial charge >= 0.3 is 0 Å². The van der Waals surface area contributed by atoms with Crippen molar-refractivity contribution in [2.75, 3.05) is 5.75 Å². The molecular formula is C9H13NOS. The maximum absolute atomic E-state index is 9.34. The average molecular weight is 183 g/mol. The second-order valence-corrected chi connectivity index (χ2v) is 4.04. The lowest BCUT2D eigenvalue weighted by Crippen LogP contribution is -1.91. The van der Waals surface area contributed by atoms with E-state index >= 15 is 0 Å². The van der Waals surface area contributed by atoms with Gasteiger partial charge in [-0.05, 0) is 18.1 Å². The van der Waals surface area contributed by atoms with E-state index in [4.69, 9.17) is 0 Å². The molecule has 0 bridgehead atoms. The van der Waals surface area contributed by atoms with Gasteiger partial charge in [-0.25, -0.2) is 4.98 Å². The summed E-state index contributed by atoms with van der Waals surface area (Å²) in [6.07, 6.45) is 1.70. The molecule has 66 valence electrons. The zero-order valence-electron chi connectivity index (χ0n) is 7.32. The van der Waals surface area contributed by atoms with E-state index in [1.807, 2.05) is 0 Å². The van der Waals surface area contributed by atoms with Gasteiger partial charge in [0.05, 0.1) is 0 Å². The minimum Gasteiger partial charge on any atom is -0.505 e. The highest BCUT2D eigenvalue weighted by molar-refractivity contribution is 7.99. The molecule has 1 aromatic heterocycles. The third-order valence-electron chi connectivity index (χ3n) is 1.30. The molecule has 0 aromatic carbocycles. The Hall–Kier alpha value is -0.700. The maximum Gasteiger partial charge on any atom is 0.147 e. The SMILES string of the molecule is CC(C)CSc1ncccc1O. The highest BCUT2D eigenvalue weighted by atomic mass is 32.2. The van der Waals surface area contributed by atoms with Crippen LogP contribution in [0, 0.1) is 5.92 Å². The first-order valence-electron chi connectivity index (χ1n) is 3.97. The van der Waals surface area contributed by atoms with Gasteiger partial charge in [-0.15, -0.1) is 11.8 Å². The molecule has 0 saturated heterocycles. The van der Waals surface area contributed by atoms with E-state index in [-0.39, 0.29) is 5.75 Å². The van der Waals surface area contributed by atoms with Crippen molar-refractivity contribution in [1.82, 2.24) is 4.98 Å². The van der Waals surface area contributed by atoms with Crippen LogP contribution in [0.25, 0.3) is 0 Å². The van der Waals surface area contributed by atoms with Crippen LogP contribution in [-0.2, 0) is 0 Å². The van der Waals surface area contributed by atoms with Gasteiger partial charge in [0.2, 0.25) is 0 Å². The predicted octanol–water partition coefficient (Wildman–Crippen LogP) is 2.54. The number of hydrogen-bond donors (Lipinski definition) is 1. The van der Waals surface area contributed by atoms with Crippen LogP contribution in [0.15, 0.2) is 23.4 Å². The predicted molar refractivity (Wildman–Crippen MR) is 51.5 cm³/mol. The molecule has 0 fully saturated rings. The minimum atomic E-state index is 0.281. The Balaban J connectivity index is 2.57. The van der Waals surface area contributed by atoms with Crippen LogP contribution in [-0.4, -0.2) is 15.8 Å². The number of thioether (sulfide) groups is 1. The molecule has 2 nitrogen and oxygen atoms in total. The molecule has 0 unspecified atom stereocenters. The standard InChI is InChI=1S/C9H13NOS/c1-7(2)6-12-9-8(11)4-3-5-10-9/h3-5,7,11H,6H2,1-2H3. The zero-order chi connectivity index (χ0) is 8.97. The number of aromatic hydroxyl groups is 1. The van der Waals surface area contributed by atoms with Crippen LogP contribution >= 0.6 is 11.8 Å². The lowest BCUT2D eigenvalue weighted by atomic mass is 10.3. The number of nitrogens with zero attached hydrogens (tertiary/aromatic N) is 1. The Morgan fingerprint density at radius 2 is 2.33 bits per heavy atom. The Labute approximate surface area is 77.0 Å². The van der Waals surface area contributed by atoms with Crippen molar-refractivity contribution in [3.63, 3.8) is 0 Å². The lowest BCUT2D eigenvalue weighted by molar-refractivity contribution is 0.456. The van der Waals surface area contributed by atoms with Gasteiger partial charge < -0.3 is 5.11 Å². The fourth-order valence-electron chi connectivity index (χ4n) is 0.739. The smallest absolute Gasteiger partial charge is 0.147 e. The maximum atomic E-state index is 9.34. The molecule has 1 N–H and O–H groups in total. The van der Waals surface area contributed by atoms with E-state index in [9.17, 15) is 5.11 Å². The summed E-state index contributed by atoms with van der Waals surface area (Å²) in [4.78, 5) is 4.06. The molecule has 0 aliphatic heterocycles. The van der Waals surface area contributed by atoms with Gasteiger partial charge in [-0.1, -0.05) is 13.8 Å². The van der Waals surface area contributed by atoms with Crippen molar-refractivity contribution < 1.29 is 5.11 Å². The highest BCUT2D eigenvalue weighted by Crippen LogP contribution is 2.26. The van der Waals surface area contributed by atoms with Crippen molar-refractivity contribution in [1.29, 1.82) is 0 Å². The average Bonchev–Trinajstić information content (AvgIpc) is 2.03. The number of rotatable bonds is 3. The zero-order valence-corrected chi connectivity index (χ0v) is 8.14. The monoisotopic (exact) mass is 183 g/mol. The summed E-state index contributed by atoms with van der Waals surface area (Å²) < 4.78 is 0. The van der Waals surface area contributed by atoms with Crippen LogP contribution in [0.1, 0.15) is 13.8 Å². The molecular weight excluding hydrogens is 170 g/mol. The first-order chi connectivity index (χ1) is 5.70. The first kappa shape index (κ1) is 9.39.